The maximum Gasteiger partial charge on any atom is 0.390 e. The van der Waals surface area contributed by atoms with E-state index in [9.17, 15) is 18.0 Å². The van der Waals surface area contributed by atoms with Crippen LogP contribution in [0.2, 0.25) is 5.15 Å². The Hall–Kier alpha value is -2.21. The van der Waals surface area contributed by atoms with Crippen LogP contribution in [0.5, 0.6) is 0 Å². The second kappa shape index (κ2) is 10.2. The van der Waals surface area contributed by atoms with E-state index in [4.69, 9.17) is 16.3 Å². The maximum absolute atomic E-state index is 12.1. The molecule has 0 saturated carbocycles. The van der Waals surface area contributed by atoms with E-state index in [0.717, 1.165) is 5.56 Å². The lowest BCUT2D eigenvalue weighted by molar-refractivity contribution is -0.134. The van der Waals surface area contributed by atoms with Crippen LogP contribution in [0.15, 0.2) is 30.3 Å². The Morgan fingerprint density at radius 3 is 2.73 bits per heavy atom. The van der Waals surface area contributed by atoms with Crippen LogP contribution < -0.4 is 10.6 Å². The molecule has 0 atom stereocenters. The lowest BCUT2D eigenvalue weighted by atomic mass is 10.2. The van der Waals surface area contributed by atoms with E-state index in [-0.39, 0.29) is 24.8 Å². The van der Waals surface area contributed by atoms with E-state index < -0.39 is 18.5 Å². The normalized spacial score (nSPS) is 11.9. The van der Waals surface area contributed by atoms with Gasteiger partial charge in [-0.25, -0.2) is 9.50 Å². The van der Waals surface area contributed by atoms with Crippen LogP contribution in [0.4, 0.5) is 13.2 Å². The second-order valence-electron chi connectivity index (χ2n) is 6.34. The molecule has 3 rings (SSSR count). The lowest BCUT2D eigenvalue weighted by Crippen LogP contribution is -2.35. The van der Waals surface area contributed by atoms with Gasteiger partial charge in [-0.1, -0.05) is 53.3 Å². The Bertz CT molecular complexity index is 978. The minimum Gasteiger partial charge on any atom is -0.370 e. The number of rotatable bonds is 10. The Morgan fingerprint density at radius 1 is 1.23 bits per heavy atom. The summed E-state index contributed by atoms with van der Waals surface area (Å²) in [6, 6.07) is 9.73. The fourth-order valence-electron chi connectivity index (χ4n) is 2.52. The molecule has 0 spiro atoms. The first kappa shape index (κ1) is 22.5. The lowest BCUT2D eigenvalue weighted by Gasteiger charge is -2.08. The Balaban J connectivity index is 1.49. The summed E-state index contributed by atoms with van der Waals surface area (Å²) in [6.07, 6.45) is -5.25. The zero-order valence-corrected chi connectivity index (χ0v) is 17.3. The number of benzene rings is 1. The monoisotopic (exact) mass is 461 g/mol. The number of imidazole rings is 1. The van der Waals surface area contributed by atoms with E-state index in [2.05, 4.69) is 20.7 Å². The number of hydrogen-bond acceptors (Lipinski definition) is 6. The SMILES string of the molecule is O=C(CNCCC(F)(F)F)NCc1c(Cl)nc2sc(COCc3ccccc3)nn12. The predicted octanol–water partition coefficient (Wildman–Crippen LogP) is 3.32. The van der Waals surface area contributed by atoms with Gasteiger partial charge < -0.3 is 15.4 Å². The smallest absolute Gasteiger partial charge is 0.370 e. The molecule has 0 aliphatic heterocycles. The molecule has 0 radical (unpaired) electrons. The number of fused-ring (bicyclic) bond motifs is 1. The van der Waals surface area contributed by atoms with E-state index in [1.165, 1.54) is 15.9 Å². The molecule has 162 valence electrons. The molecule has 0 saturated heterocycles. The molecule has 0 aliphatic carbocycles. The Labute approximate surface area is 179 Å². The molecule has 2 N–H and O–H groups in total. The molecule has 0 unspecified atom stereocenters. The average Bonchev–Trinajstić information content (AvgIpc) is 3.20. The van der Waals surface area contributed by atoms with Crippen molar-refractivity contribution in [1.82, 2.24) is 25.2 Å². The fraction of sp³-hybridized carbons (Fsp3) is 0.389. The number of hydrogen-bond donors (Lipinski definition) is 2. The number of nitrogens with one attached hydrogen (secondary N) is 2. The van der Waals surface area contributed by atoms with Gasteiger partial charge in [0.1, 0.15) is 17.3 Å². The third kappa shape index (κ3) is 6.66. The number of carbonyl (C=O) groups is 1. The number of ether oxygens (including phenoxy) is 1. The van der Waals surface area contributed by atoms with Crippen molar-refractivity contribution in [2.45, 2.75) is 32.4 Å². The minimum atomic E-state index is -4.26. The van der Waals surface area contributed by atoms with Crippen LogP contribution in [-0.2, 0) is 29.3 Å². The van der Waals surface area contributed by atoms with Crippen molar-refractivity contribution in [1.29, 1.82) is 0 Å². The van der Waals surface area contributed by atoms with Crippen LogP contribution in [0.1, 0.15) is 22.7 Å². The first-order valence-corrected chi connectivity index (χ1v) is 10.2. The quantitative estimate of drug-likeness (QED) is 0.453. The molecule has 0 aliphatic rings. The van der Waals surface area contributed by atoms with Crippen LogP contribution in [-0.4, -0.2) is 39.8 Å². The summed E-state index contributed by atoms with van der Waals surface area (Å²) < 4.78 is 43.5. The molecule has 7 nitrogen and oxygen atoms in total. The molecular weight excluding hydrogens is 443 g/mol. The molecule has 30 heavy (non-hydrogen) atoms. The topological polar surface area (TPSA) is 80.5 Å². The first-order valence-electron chi connectivity index (χ1n) is 9.00. The standard InChI is InChI=1S/C18H19ClF3N5O2S/c19-16-13(8-24-14(28)9-23-7-6-18(20,21)22)27-17(25-16)30-15(26-27)11-29-10-12-4-2-1-3-5-12/h1-5,23H,6-11H2,(H,24,28). The molecule has 3 aromatic rings. The third-order valence-electron chi connectivity index (χ3n) is 3.95. The molecule has 0 fully saturated rings. The van der Waals surface area contributed by atoms with E-state index >= 15 is 0 Å². The van der Waals surface area contributed by atoms with Crippen molar-refractivity contribution in [3.8, 4) is 0 Å². The number of carbonyl (C=O) groups excluding carboxylic acids is 1. The van der Waals surface area contributed by atoms with Crippen molar-refractivity contribution in [2.24, 2.45) is 0 Å². The fourth-order valence-corrected chi connectivity index (χ4v) is 3.65. The van der Waals surface area contributed by atoms with Gasteiger partial charge in [-0.3, -0.25) is 4.79 Å². The largest absolute Gasteiger partial charge is 0.390 e. The number of halogens is 4. The van der Waals surface area contributed by atoms with Gasteiger partial charge >= 0.3 is 6.18 Å². The van der Waals surface area contributed by atoms with Crippen LogP contribution in [0.25, 0.3) is 4.96 Å². The molecule has 1 amide bonds. The summed E-state index contributed by atoms with van der Waals surface area (Å²) >= 11 is 7.44. The summed E-state index contributed by atoms with van der Waals surface area (Å²) in [5.74, 6) is -0.454. The maximum atomic E-state index is 12.1. The molecule has 1 aromatic carbocycles. The average molecular weight is 462 g/mol. The van der Waals surface area contributed by atoms with Crippen molar-refractivity contribution in [3.05, 3.63) is 51.7 Å². The van der Waals surface area contributed by atoms with Gasteiger partial charge in [0.15, 0.2) is 5.15 Å². The highest BCUT2D eigenvalue weighted by Crippen LogP contribution is 2.23. The van der Waals surface area contributed by atoms with Crippen LogP contribution >= 0.6 is 22.9 Å². The van der Waals surface area contributed by atoms with Gasteiger partial charge in [-0.2, -0.15) is 18.3 Å². The van der Waals surface area contributed by atoms with E-state index in [0.29, 0.717) is 28.9 Å². The first-order chi connectivity index (χ1) is 14.3. The zero-order chi connectivity index (χ0) is 21.6. The number of aromatic nitrogens is 3. The Kier molecular flexibility index (Phi) is 7.64. The van der Waals surface area contributed by atoms with Gasteiger partial charge in [0.05, 0.1) is 26.1 Å². The number of nitrogens with zero attached hydrogens (tertiary/aromatic N) is 3. The van der Waals surface area contributed by atoms with Gasteiger partial charge in [-0.05, 0) is 5.56 Å². The van der Waals surface area contributed by atoms with Gasteiger partial charge in [-0.15, -0.1) is 0 Å². The van der Waals surface area contributed by atoms with Crippen molar-refractivity contribution in [2.75, 3.05) is 13.1 Å². The highest BCUT2D eigenvalue weighted by atomic mass is 35.5. The minimum absolute atomic E-state index is 0.0494. The predicted molar refractivity (Wildman–Crippen MR) is 106 cm³/mol. The van der Waals surface area contributed by atoms with Gasteiger partial charge in [0, 0.05) is 6.54 Å². The van der Waals surface area contributed by atoms with Gasteiger partial charge in [0.25, 0.3) is 0 Å². The molecule has 12 heteroatoms. The van der Waals surface area contributed by atoms with Crippen molar-refractivity contribution < 1.29 is 22.7 Å². The molecular formula is C18H19ClF3N5O2S. The Morgan fingerprint density at radius 2 is 2.00 bits per heavy atom. The number of alkyl halides is 3. The van der Waals surface area contributed by atoms with Crippen molar-refractivity contribution in [3.63, 3.8) is 0 Å². The van der Waals surface area contributed by atoms with E-state index in [1.54, 1.807) is 0 Å². The zero-order valence-electron chi connectivity index (χ0n) is 15.7. The van der Waals surface area contributed by atoms with Crippen LogP contribution in [0, 0.1) is 0 Å². The summed E-state index contributed by atoms with van der Waals surface area (Å²) in [6.45, 7) is 0.245. The van der Waals surface area contributed by atoms with Gasteiger partial charge in [0.2, 0.25) is 10.9 Å². The van der Waals surface area contributed by atoms with E-state index in [1.807, 2.05) is 30.3 Å². The summed E-state index contributed by atoms with van der Waals surface area (Å²) in [5.41, 5.74) is 1.54. The van der Waals surface area contributed by atoms with Crippen LogP contribution in [0.3, 0.4) is 0 Å². The molecule has 0 bridgehead atoms. The molecule has 2 heterocycles. The number of amides is 1. The van der Waals surface area contributed by atoms with Crippen molar-refractivity contribution >= 4 is 33.8 Å². The third-order valence-corrected chi connectivity index (χ3v) is 5.13. The summed E-state index contributed by atoms with van der Waals surface area (Å²) in [4.78, 5) is 16.6. The molecule has 2 aromatic heterocycles. The summed E-state index contributed by atoms with van der Waals surface area (Å²) in [7, 11) is 0. The summed E-state index contributed by atoms with van der Waals surface area (Å²) in [5, 5.41) is 10.4. The highest BCUT2D eigenvalue weighted by Gasteiger charge is 2.26. The second-order valence-corrected chi connectivity index (χ2v) is 7.74. The highest BCUT2D eigenvalue weighted by molar-refractivity contribution is 7.16.